The molecule has 1 fully saturated rings. The molecular weight excluding hydrogens is 466 g/mol. The summed E-state index contributed by atoms with van der Waals surface area (Å²) in [7, 11) is -3.53. The van der Waals surface area contributed by atoms with E-state index in [-0.39, 0.29) is 4.90 Å². The molecule has 1 aliphatic rings. The Bertz CT molecular complexity index is 1170. The van der Waals surface area contributed by atoms with Gasteiger partial charge in [0, 0.05) is 43.6 Å². The second kappa shape index (κ2) is 12.0. The third kappa shape index (κ3) is 6.93. The maximum absolute atomic E-state index is 12.5. The van der Waals surface area contributed by atoms with Crippen LogP contribution in [0, 0.1) is 6.92 Å². The Morgan fingerprint density at radius 1 is 1.06 bits per heavy atom. The van der Waals surface area contributed by atoms with Crippen molar-refractivity contribution in [2.45, 2.75) is 38.5 Å². The summed E-state index contributed by atoms with van der Waals surface area (Å²) < 4.78 is 31.5. The Morgan fingerprint density at radius 2 is 1.71 bits per heavy atom. The van der Waals surface area contributed by atoms with Gasteiger partial charge in [-0.1, -0.05) is 26.0 Å². The topological polar surface area (TPSA) is 96.0 Å². The molecule has 0 unspecified atom stereocenters. The van der Waals surface area contributed by atoms with Gasteiger partial charge in [0.15, 0.2) is 6.61 Å². The number of sulfonamides is 1. The molecule has 8 nitrogen and oxygen atoms in total. The summed E-state index contributed by atoms with van der Waals surface area (Å²) in [5, 5.41) is 2.78. The Labute approximate surface area is 207 Å². The number of anilines is 2. The fourth-order valence-electron chi connectivity index (χ4n) is 3.96. The van der Waals surface area contributed by atoms with Crippen molar-refractivity contribution >= 4 is 39.4 Å². The molecule has 1 aliphatic heterocycles. The third-order valence-electron chi connectivity index (χ3n) is 5.94. The Morgan fingerprint density at radius 3 is 2.31 bits per heavy atom. The lowest BCUT2D eigenvalue weighted by Gasteiger charge is -2.19. The third-order valence-corrected chi connectivity index (χ3v) is 8.00. The van der Waals surface area contributed by atoms with Crippen LogP contribution in [0.3, 0.4) is 0 Å². The highest BCUT2D eigenvalue weighted by atomic mass is 32.2. The quantitative estimate of drug-likeness (QED) is 0.394. The van der Waals surface area contributed by atoms with Crippen molar-refractivity contribution in [1.82, 2.24) is 4.31 Å². The van der Waals surface area contributed by atoms with Crippen LogP contribution in [-0.2, 0) is 24.3 Å². The van der Waals surface area contributed by atoms with Gasteiger partial charge in [0.1, 0.15) is 0 Å². The molecule has 1 amide bonds. The number of nitrogens with zero attached hydrogens (tertiary/aromatic N) is 2. The van der Waals surface area contributed by atoms with Crippen molar-refractivity contribution in [3.8, 4) is 0 Å². The summed E-state index contributed by atoms with van der Waals surface area (Å²) in [5.74, 6) is -1.09. The number of amides is 1. The van der Waals surface area contributed by atoms with Crippen LogP contribution >= 0.6 is 0 Å². The zero-order valence-electron chi connectivity index (χ0n) is 20.5. The van der Waals surface area contributed by atoms with E-state index in [1.807, 2.05) is 25.1 Å². The molecule has 0 aliphatic carbocycles. The van der Waals surface area contributed by atoms with Crippen molar-refractivity contribution in [1.29, 1.82) is 0 Å². The van der Waals surface area contributed by atoms with Gasteiger partial charge in [0.2, 0.25) is 10.0 Å². The first-order valence-electron chi connectivity index (χ1n) is 11.8. The highest BCUT2D eigenvalue weighted by Crippen LogP contribution is 2.25. The van der Waals surface area contributed by atoms with E-state index < -0.39 is 28.5 Å². The zero-order valence-corrected chi connectivity index (χ0v) is 21.3. The lowest BCUT2D eigenvalue weighted by atomic mass is 10.1. The Kier molecular flexibility index (Phi) is 9.06. The molecule has 0 spiro atoms. The van der Waals surface area contributed by atoms with Gasteiger partial charge >= 0.3 is 5.97 Å². The van der Waals surface area contributed by atoms with Crippen LogP contribution in [0.2, 0.25) is 0 Å². The van der Waals surface area contributed by atoms with Gasteiger partial charge in [0.25, 0.3) is 5.91 Å². The predicted octanol–water partition coefficient (Wildman–Crippen LogP) is 3.82. The standard InChI is InChI=1S/C26H33N3O5S/c1-4-29(5-2)35(32,33)23-12-8-21(9-13-23)10-15-26(31)34-19-25(30)27-24-14-11-22(18-20(24)3)28-16-6-7-17-28/h8-15,18H,4-7,16-17,19H2,1-3H3,(H,27,30)/b15-10+. The number of nitrogens with one attached hydrogen (secondary N) is 1. The summed E-state index contributed by atoms with van der Waals surface area (Å²) in [4.78, 5) is 26.8. The van der Waals surface area contributed by atoms with Crippen LogP contribution in [0.4, 0.5) is 11.4 Å². The fourth-order valence-corrected chi connectivity index (χ4v) is 5.42. The molecule has 9 heteroatoms. The molecule has 3 rings (SSSR count). The number of hydrogen-bond acceptors (Lipinski definition) is 6. The fraction of sp³-hybridized carbons (Fsp3) is 0.385. The molecular formula is C26H33N3O5S. The zero-order chi connectivity index (χ0) is 25.4. The van der Waals surface area contributed by atoms with E-state index >= 15 is 0 Å². The molecule has 0 bridgehead atoms. The number of carbonyl (C=O) groups excluding carboxylic acids is 2. The van der Waals surface area contributed by atoms with Crippen LogP contribution in [0.15, 0.2) is 53.4 Å². The lowest BCUT2D eigenvalue weighted by molar-refractivity contribution is -0.142. The number of esters is 1. The van der Waals surface area contributed by atoms with Crippen LogP contribution < -0.4 is 10.2 Å². The SMILES string of the molecule is CCN(CC)S(=O)(=O)c1ccc(/C=C/C(=O)OCC(=O)Nc2ccc(N3CCCC3)cc2C)cc1. The molecule has 2 aromatic carbocycles. The van der Waals surface area contributed by atoms with Gasteiger partial charge in [-0.3, -0.25) is 4.79 Å². The molecule has 35 heavy (non-hydrogen) atoms. The second-order valence-electron chi connectivity index (χ2n) is 8.34. The largest absolute Gasteiger partial charge is 0.452 e. The van der Waals surface area contributed by atoms with Crippen LogP contribution in [0.25, 0.3) is 6.08 Å². The first-order valence-corrected chi connectivity index (χ1v) is 13.3. The van der Waals surface area contributed by atoms with Crippen molar-refractivity contribution in [3.05, 3.63) is 59.7 Å². The van der Waals surface area contributed by atoms with Gasteiger partial charge in [-0.15, -0.1) is 0 Å². The average Bonchev–Trinajstić information content (AvgIpc) is 3.39. The second-order valence-corrected chi connectivity index (χ2v) is 10.3. The van der Waals surface area contributed by atoms with Gasteiger partial charge in [-0.25, -0.2) is 13.2 Å². The molecule has 1 saturated heterocycles. The monoisotopic (exact) mass is 499 g/mol. The predicted molar refractivity (Wildman–Crippen MR) is 138 cm³/mol. The molecule has 0 saturated carbocycles. The number of benzene rings is 2. The van der Waals surface area contributed by atoms with Crippen LogP contribution in [0.5, 0.6) is 0 Å². The summed E-state index contributed by atoms with van der Waals surface area (Å²) in [5.41, 5.74) is 3.41. The number of ether oxygens (including phenoxy) is 1. The summed E-state index contributed by atoms with van der Waals surface area (Å²) in [6.07, 6.45) is 5.11. The maximum Gasteiger partial charge on any atom is 0.331 e. The lowest BCUT2D eigenvalue weighted by Crippen LogP contribution is -2.30. The smallest absolute Gasteiger partial charge is 0.331 e. The van der Waals surface area contributed by atoms with Crippen LogP contribution in [-0.4, -0.2) is 57.4 Å². The van der Waals surface area contributed by atoms with Crippen LogP contribution in [0.1, 0.15) is 37.8 Å². The van der Waals surface area contributed by atoms with Gasteiger partial charge in [-0.05, 0) is 67.3 Å². The van der Waals surface area contributed by atoms with Gasteiger partial charge in [0.05, 0.1) is 4.90 Å². The maximum atomic E-state index is 12.5. The summed E-state index contributed by atoms with van der Waals surface area (Å²) in [6.45, 7) is 7.99. The molecule has 1 heterocycles. The molecule has 0 aromatic heterocycles. The van der Waals surface area contributed by atoms with Gasteiger partial charge < -0.3 is 15.0 Å². The molecule has 188 valence electrons. The first kappa shape index (κ1) is 26.4. The minimum absolute atomic E-state index is 0.196. The summed E-state index contributed by atoms with van der Waals surface area (Å²) >= 11 is 0. The summed E-state index contributed by atoms with van der Waals surface area (Å²) in [6, 6.07) is 12.1. The van der Waals surface area contributed by atoms with Crippen molar-refractivity contribution in [2.24, 2.45) is 0 Å². The molecule has 0 atom stereocenters. The van der Waals surface area contributed by atoms with E-state index in [4.69, 9.17) is 4.74 Å². The molecule has 1 N–H and O–H groups in total. The average molecular weight is 500 g/mol. The first-order chi connectivity index (χ1) is 16.7. The number of carbonyl (C=O) groups is 2. The van der Waals surface area contributed by atoms with Crippen molar-refractivity contribution < 1.29 is 22.7 Å². The molecule has 2 aromatic rings. The Balaban J connectivity index is 1.50. The number of rotatable bonds is 10. The number of hydrogen-bond donors (Lipinski definition) is 1. The van der Waals surface area contributed by atoms with E-state index in [9.17, 15) is 18.0 Å². The van der Waals surface area contributed by atoms with E-state index in [2.05, 4.69) is 10.2 Å². The van der Waals surface area contributed by atoms with E-state index in [0.717, 1.165) is 24.3 Å². The number of aryl methyl sites for hydroxylation is 1. The van der Waals surface area contributed by atoms with E-state index in [1.54, 1.807) is 26.0 Å². The van der Waals surface area contributed by atoms with Gasteiger partial charge in [-0.2, -0.15) is 4.31 Å². The highest BCUT2D eigenvalue weighted by Gasteiger charge is 2.21. The van der Waals surface area contributed by atoms with E-state index in [0.29, 0.717) is 24.3 Å². The molecule has 0 radical (unpaired) electrons. The Hall–Kier alpha value is -3.17. The van der Waals surface area contributed by atoms with E-state index in [1.165, 1.54) is 41.4 Å². The minimum Gasteiger partial charge on any atom is -0.452 e. The highest BCUT2D eigenvalue weighted by molar-refractivity contribution is 7.89. The van der Waals surface area contributed by atoms with Crippen molar-refractivity contribution in [3.63, 3.8) is 0 Å². The van der Waals surface area contributed by atoms with Crippen molar-refractivity contribution in [2.75, 3.05) is 43.0 Å². The minimum atomic E-state index is -3.53. The normalized spacial score (nSPS) is 14.0.